The SMILES string of the molecule is CCC(CCO)CNCCS(C)(=O)=O. The molecule has 0 amide bonds. The van der Waals surface area contributed by atoms with Gasteiger partial charge in [-0.25, -0.2) is 8.42 Å². The molecule has 0 saturated heterocycles. The first-order valence-corrected chi connectivity index (χ1v) is 7.05. The second-order valence-corrected chi connectivity index (χ2v) is 5.88. The Kier molecular flexibility index (Phi) is 7.13. The van der Waals surface area contributed by atoms with Crippen molar-refractivity contribution < 1.29 is 13.5 Å². The van der Waals surface area contributed by atoms with Gasteiger partial charge in [0.2, 0.25) is 0 Å². The Morgan fingerprint density at radius 3 is 2.50 bits per heavy atom. The van der Waals surface area contributed by atoms with Gasteiger partial charge >= 0.3 is 0 Å². The topological polar surface area (TPSA) is 66.4 Å². The molecular formula is C9H21NO3S. The minimum Gasteiger partial charge on any atom is -0.396 e. The lowest BCUT2D eigenvalue weighted by molar-refractivity contribution is 0.252. The summed E-state index contributed by atoms with van der Waals surface area (Å²) in [4.78, 5) is 0. The predicted molar refractivity (Wildman–Crippen MR) is 58.1 cm³/mol. The molecule has 0 aliphatic carbocycles. The highest BCUT2D eigenvalue weighted by Crippen LogP contribution is 2.05. The van der Waals surface area contributed by atoms with Crippen molar-refractivity contribution in [3.05, 3.63) is 0 Å². The molecule has 0 bridgehead atoms. The summed E-state index contributed by atoms with van der Waals surface area (Å²) in [5.41, 5.74) is 0. The molecule has 0 aliphatic heterocycles. The highest BCUT2D eigenvalue weighted by molar-refractivity contribution is 7.90. The summed E-state index contributed by atoms with van der Waals surface area (Å²) in [6.45, 7) is 3.55. The second kappa shape index (κ2) is 7.20. The lowest BCUT2D eigenvalue weighted by Gasteiger charge is -2.13. The van der Waals surface area contributed by atoms with Crippen molar-refractivity contribution in [1.29, 1.82) is 0 Å². The minimum absolute atomic E-state index is 0.183. The maximum absolute atomic E-state index is 10.8. The average molecular weight is 223 g/mol. The fourth-order valence-corrected chi connectivity index (χ4v) is 1.71. The van der Waals surface area contributed by atoms with E-state index >= 15 is 0 Å². The largest absolute Gasteiger partial charge is 0.396 e. The molecule has 86 valence electrons. The zero-order valence-electron chi connectivity index (χ0n) is 8.99. The quantitative estimate of drug-likeness (QED) is 0.570. The van der Waals surface area contributed by atoms with E-state index in [-0.39, 0.29) is 12.4 Å². The molecule has 0 heterocycles. The molecular weight excluding hydrogens is 202 g/mol. The second-order valence-electron chi connectivity index (χ2n) is 3.62. The summed E-state index contributed by atoms with van der Waals surface area (Å²) in [6, 6.07) is 0. The summed E-state index contributed by atoms with van der Waals surface area (Å²) in [7, 11) is -2.85. The van der Waals surface area contributed by atoms with E-state index in [1.165, 1.54) is 6.26 Å². The number of aliphatic hydroxyl groups is 1. The average Bonchev–Trinajstić information content (AvgIpc) is 2.08. The molecule has 14 heavy (non-hydrogen) atoms. The van der Waals surface area contributed by atoms with Crippen molar-refractivity contribution in [2.45, 2.75) is 19.8 Å². The number of sulfone groups is 1. The standard InChI is InChI=1S/C9H21NO3S/c1-3-9(4-6-11)8-10-5-7-14(2,12)13/h9-11H,3-8H2,1-2H3. The first-order chi connectivity index (χ1) is 6.49. The number of hydrogen-bond donors (Lipinski definition) is 2. The van der Waals surface area contributed by atoms with Gasteiger partial charge in [-0.15, -0.1) is 0 Å². The zero-order valence-corrected chi connectivity index (χ0v) is 9.81. The van der Waals surface area contributed by atoms with Gasteiger partial charge in [-0.1, -0.05) is 13.3 Å². The van der Waals surface area contributed by atoms with Crippen LogP contribution >= 0.6 is 0 Å². The van der Waals surface area contributed by atoms with Crippen LogP contribution in [-0.4, -0.2) is 45.2 Å². The predicted octanol–water partition coefficient (Wildman–Crippen LogP) is 0.0292. The first-order valence-electron chi connectivity index (χ1n) is 4.99. The van der Waals surface area contributed by atoms with E-state index in [4.69, 9.17) is 5.11 Å². The molecule has 0 fully saturated rings. The van der Waals surface area contributed by atoms with Gasteiger partial charge in [0.05, 0.1) is 5.75 Å². The molecule has 4 nitrogen and oxygen atoms in total. The van der Waals surface area contributed by atoms with E-state index < -0.39 is 9.84 Å². The Labute approximate surface area is 86.6 Å². The van der Waals surface area contributed by atoms with Crippen LogP contribution in [0, 0.1) is 5.92 Å². The molecule has 0 rings (SSSR count). The molecule has 0 saturated carbocycles. The Morgan fingerprint density at radius 1 is 1.43 bits per heavy atom. The Balaban J connectivity index is 3.52. The van der Waals surface area contributed by atoms with E-state index in [1.807, 2.05) is 0 Å². The summed E-state index contributed by atoms with van der Waals surface area (Å²) in [5, 5.41) is 11.8. The molecule has 1 atom stereocenters. The fourth-order valence-electron chi connectivity index (χ4n) is 1.20. The van der Waals surface area contributed by atoms with Crippen LogP contribution < -0.4 is 5.32 Å². The molecule has 1 unspecified atom stereocenters. The maximum Gasteiger partial charge on any atom is 0.148 e. The summed E-state index contributed by atoms with van der Waals surface area (Å²) < 4.78 is 21.6. The Hall–Kier alpha value is -0.130. The van der Waals surface area contributed by atoms with Gasteiger partial charge in [0.25, 0.3) is 0 Å². The van der Waals surface area contributed by atoms with Crippen molar-refractivity contribution in [3.63, 3.8) is 0 Å². The molecule has 0 aromatic carbocycles. The van der Waals surface area contributed by atoms with E-state index in [9.17, 15) is 8.42 Å². The normalized spacial score (nSPS) is 14.2. The van der Waals surface area contributed by atoms with E-state index in [0.717, 1.165) is 19.4 Å². The van der Waals surface area contributed by atoms with Gasteiger partial charge in [-0.05, 0) is 18.9 Å². The van der Waals surface area contributed by atoms with Crippen molar-refractivity contribution in [2.24, 2.45) is 5.92 Å². The van der Waals surface area contributed by atoms with Crippen LogP contribution in [0.5, 0.6) is 0 Å². The van der Waals surface area contributed by atoms with Crippen molar-refractivity contribution in [1.82, 2.24) is 5.32 Å². The Morgan fingerprint density at radius 2 is 2.07 bits per heavy atom. The van der Waals surface area contributed by atoms with Crippen LogP contribution in [0.15, 0.2) is 0 Å². The molecule has 0 radical (unpaired) electrons. The van der Waals surface area contributed by atoms with Gasteiger partial charge in [0.1, 0.15) is 9.84 Å². The lowest BCUT2D eigenvalue weighted by atomic mass is 10.0. The molecule has 0 spiro atoms. The molecule has 0 aliphatic rings. The van der Waals surface area contributed by atoms with E-state index in [0.29, 0.717) is 12.5 Å². The van der Waals surface area contributed by atoms with Crippen LogP contribution in [0.3, 0.4) is 0 Å². The molecule has 2 N–H and O–H groups in total. The van der Waals surface area contributed by atoms with Gasteiger partial charge in [0.15, 0.2) is 0 Å². The smallest absolute Gasteiger partial charge is 0.148 e. The lowest BCUT2D eigenvalue weighted by Crippen LogP contribution is -2.28. The molecule has 5 heteroatoms. The molecule has 0 aromatic rings. The minimum atomic E-state index is -2.85. The summed E-state index contributed by atoms with van der Waals surface area (Å²) in [5.74, 6) is 0.627. The van der Waals surface area contributed by atoms with Gasteiger partial charge in [-0.3, -0.25) is 0 Å². The van der Waals surface area contributed by atoms with E-state index in [1.54, 1.807) is 0 Å². The van der Waals surface area contributed by atoms with Crippen molar-refractivity contribution >= 4 is 9.84 Å². The van der Waals surface area contributed by atoms with Crippen LogP contribution in [0.2, 0.25) is 0 Å². The third-order valence-corrected chi connectivity index (χ3v) is 3.14. The van der Waals surface area contributed by atoms with Gasteiger partial charge < -0.3 is 10.4 Å². The van der Waals surface area contributed by atoms with Crippen molar-refractivity contribution in [2.75, 3.05) is 31.7 Å². The van der Waals surface area contributed by atoms with Crippen LogP contribution in [0.1, 0.15) is 19.8 Å². The third-order valence-electron chi connectivity index (χ3n) is 2.20. The number of nitrogens with one attached hydrogen (secondary N) is 1. The molecule has 0 aromatic heterocycles. The van der Waals surface area contributed by atoms with Crippen LogP contribution in [-0.2, 0) is 9.84 Å². The highest BCUT2D eigenvalue weighted by atomic mass is 32.2. The highest BCUT2D eigenvalue weighted by Gasteiger charge is 2.06. The van der Waals surface area contributed by atoms with Crippen LogP contribution in [0.25, 0.3) is 0 Å². The number of aliphatic hydroxyl groups excluding tert-OH is 1. The zero-order chi connectivity index (χ0) is 11.0. The number of hydrogen-bond acceptors (Lipinski definition) is 4. The number of rotatable bonds is 8. The van der Waals surface area contributed by atoms with E-state index in [2.05, 4.69) is 12.2 Å². The maximum atomic E-state index is 10.8. The monoisotopic (exact) mass is 223 g/mol. The first kappa shape index (κ1) is 13.9. The Bertz CT molecular complexity index is 226. The van der Waals surface area contributed by atoms with Gasteiger partial charge in [0, 0.05) is 19.4 Å². The van der Waals surface area contributed by atoms with Crippen LogP contribution in [0.4, 0.5) is 0 Å². The van der Waals surface area contributed by atoms with Gasteiger partial charge in [-0.2, -0.15) is 0 Å². The fraction of sp³-hybridized carbons (Fsp3) is 1.00. The summed E-state index contributed by atoms with van der Waals surface area (Å²) in [6.07, 6.45) is 3.02. The van der Waals surface area contributed by atoms with Crippen molar-refractivity contribution in [3.8, 4) is 0 Å². The third kappa shape index (κ3) is 8.47. The summed E-state index contributed by atoms with van der Waals surface area (Å²) >= 11 is 0.